The lowest BCUT2D eigenvalue weighted by atomic mass is 10.0. The zero-order valence-corrected chi connectivity index (χ0v) is 9.55. The molecular weight excluding hydrogens is 244 g/mol. The molecule has 1 heterocycles. The van der Waals surface area contributed by atoms with Crippen molar-refractivity contribution < 1.29 is 23.4 Å². The third-order valence-corrected chi connectivity index (χ3v) is 2.89. The van der Waals surface area contributed by atoms with Crippen molar-refractivity contribution >= 4 is 5.97 Å². The molecule has 1 aliphatic rings. The first-order valence-corrected chi connectivity index (χ1v) is 5.59. The molecule has 6 heteroatoms. The van der Waals surface area contributed by atoms with E-state index in [2.05, 4.69) is 4.74 Å². The summed E-state index contributed by atoms with van der Waals surface area (Å²) in [5.41, 5.74) is 0.459. The minimum atomic E-state index is -2.91. The van der Waals surface area contributed by atoms with E-state index in [0.29, 0.717) is 18.7 Å². The highest BCUT2D eigenvalue weighted by molar-refractivity contribution is 5.75. The number of benzene rings is 1. The second-order valence-electron chi connectivity index (χ2n) is 4.08. The van der Waals surface area contributed by atoms with Crippen molar-refractivity contribution in [1.82, 2.24) is 4.90 Å². The fraction of sp³-hybridized carbons (Fsp3) is 0.417. The number of ether oxygens (including phenoxy) is 1. The third-order valence-electron chi connectivity index (χ3n) is 2.89. The summed E-state index contributed by atoms with van der Waals surface area (Å²) in [6.45, 7) is -1.50. The van der Waals surface area contributed by atoms with Gasteiger partial charge in [0, 0.05) is 13.1 Å². The van der Waals surface area contributed by atoms with Gasteiger partial charge in [-0.05, 0) is 24.1 Å². The van der Waals surface area contributed by atoms with E-state index in [1.807, 2.05) is 0 Å². The van der Waals surface area contributed by atoms with Crippen LogP contribution >= 0.6 is 0 Å². The second-order valence-corrected chi connectivity index (χ2v) is 4.08. The number of hydrogen-bond acceptors (Lipinski definition) is 3. The highest BCUT2D eigenvalue weighted by atomic mass is 19.3. The van der Waals surface area contributed by atoms with E-state index in [9.17, 15) is 18.7 Å². The Labute approximate surface area is 103 Å². The Balaban J connectivity index is 2.21. The zero-order valence-electron chi connectivity index (χ0n) is 9.55. The Bertz CT molecular complexity index is 435. The number of carbonyl (C=O) groups is 1. The van der Waals surface area contributed by atoms with Gasteiger partial charge in [-0.2, -0.15) is 8.78 Å². The summed E-state index contributed by atoms with van der Waals surface area (Å²) >= 11 is 0. The average Bonchev–Trinajstić information content (AvgIpc) is 2.22. The van der Waals surface area contributed by atoms with Gasteiger partial charge in [0.15, 0.2) is 0 Å². The largest absolute Gasteiger partial charge is 0.480 e. The standard InChI is InChI=1S/C12H13F2NO3/c13-12(14)18-9-4-1-3-8(7-9)10(11(16)17)15-5-2-6-15/h1,3-4,7,10,12H,2,5-6H2,(H,16,17). The van der Waals surface area contributed by atoms with Gasteiger partial charge in [0.05, 0.1) is 0 Å². The molecule has 1 N–H and O–H groups in total. The van der Waals surface area contributed by atoms with Crippen molar-refractivity contribution in [3.05, 3.63) is 29.8 Å². The first-order chi connectivity index (χ1) is 8.58. The minimum absolute atomic E-state index is 0.0192. The molecule has 1 atom stereocenters. The van der Waals surface area contributed by atoms with Crippen LogP contribution in [0.15, 0.2) is 24.3 Å². The lowest BCUT2D eigenvalue weighted by Gasteiger charge is -2.36. The smallest absolute Gasteiger partial charge is 0.387 e. The van der Waals surface area contributed by atoms with Gasteiger partial charge in [-0.1, -0.05) is 12.1 Å². The van der Waals surface area contributed by atoms with Crippen molar-refractivity contribution in [1.29, 1.82) is 0 Å². The summed E-state index contributed by atoms with van der Waals surface area (Å²) in [5, 5.41) is 9.20. The van der Waals surface area contributed by atoms with Crippen molar-refractivity contribution in [2.24, 2.45) is 0 Å². The van der Waals surface area contributed by atoms with E-state index in [1.54, 1.807) is 11.0 Å². The molecular formula is C12H13F2NO3. The van der Waals surface area contributed by atoms with Gasteiger partial charge in [-0.15, -0.1) is 0 Å². The number of rotatable bonds is 5. The second kappa shape index (κ2) is 5.30. The Hall–Kier alpha value is -1.69. The number of likely N-dealkylation sites (tertiary alicyclic amines) is 1. The molecule has 0 aliphatic carbocycles. The predicted molar refractivity (Wildman–Crippen MR) is 59.6 cm³/mol. The Morgan fingerprint density at radius 3 is 2.61 bits per heavy atom. The summed E-state index contributed by atoms with van der Waals surface area (Å²) in [4.78, 5) is 13.0. The van der Waals surface area contributed by atoms with E-state index in [-0.39, 0.29) is 5.75 Å². The number of carboxylic acid groups (broad SMARTS) is 1. The van der Waals surface area contributed by atoms with Crippen molar-refractivity contribution in [3.8, 4) is 5.75 Å². The van der Waals surface area contributed by atoms with Crippen molar-refractivity contribution in [2.45, 2.75) is 19.1 Å². The molecule has 1 aromatic rings. The van der Waals surface area contributed by atoms with Gasteiger partial charge < -0.3 is 9.84 Å². The molecule has 0 bridgehead atoms. The van der Waals surface area contributed by atoms with Crippen LogP contribution in [0.5, 0.6) is 5.75 Å². The molecule has 1 saturated heterocycles. The first kappa shape index (κ1) is 12.8. The van der Waals surface area contributed by atoms with Gasteiger partial charge in [0.2, 0.25) is 0 Å². The maximum Gasteiger partial charge on any atom is 0.387 e. The Kier molecular flexibility index (Phi) is 3.76. The van der Waals surface area contributed by atoms with Gasteiger partial charge in [0.25, 0.3) is 0 Å². The molecule has 1 aromatic carbocycles. The van der Waals surface area contributed by atoms with E-state index in [0.717, 1.165) is 6.42 Å². The Morgan fingerprint density at radius 1 is 1.39 bits per heavy atom. The molecule has 4 nitrogen and oxygen atoms in total. The molecule has 2 rings (SSSR count). The number of nitrogens with zero attached hydrogens (tertiary/aromatic N) is 1. The van der Waals surface area contributed by atoms with Crippen LogP contribution in [0.4, 0.5) is 8.78 Å². The molecule has 1 unspecified atom stereocenters. The quantitative estimate of drug-likeness (QED) is 0.877. The SMILES string of the molecule is O=C(O)C(c1cccc(OC(F)F)c1)N1CCC1. The highest BCUT2D eigenvalue weighted by Crippen LogP contribution is 2.28. The monoisotopic (exact) mass is 257 g/mol. The first-order valence-electron chi connectivity index (χ1n) is 5.59. The van der Waals surface area contributed by atoms with Crippen LogP contribution in [-0.2, 0) is 4.79 Å². The van der Waals surface area contributed by atoms with Crippen LogP contribution in [0.1, 0.15) is 18.0 Å². The molecule has 0 spiro atoms. The van der Waals surface area contributed by atoms with Gasteiger partial charge >= 0.3 is 12.6 Å². The zero-order chi connectivity index (χ0) is 13.1. The van der Waals surface area contributed by atoms with Gasteiger partial charge in [-0.3, -0.25) is 9.69 Å². The predicted octanol–water partition coefficient (Wildman–Crippen LogP) is 2.12. The lowest BCUT2D eigenvalue weighted by molar-refractivity contribution is -0.145. The van der Waals surface area contributed by atoms with Crippen LogP contribution in [0, 0.1) is 0 Å². The van der Waals surface area contributed by atoms with Crippen LogP contribution in [0.25, 0.3) is 0 Å². The molecule has 1 aliphatic heterocycles. The lowest BCUT2D eigenvalue weighted by Crippen LogP contribution is -2.43. The van der Waals surface area contributed by atoms with E-state index in [4.69, 9.17) is 0 Å². The number of carboxylic acids is 1. The van der Waals surface area contributed by atoms with Crippen molar-refractivity contribution in [3.63, 3.8) is 0 Å². The van der Waals surface area contributed by atoms with E-state index in [1.165, 1.54) is 18.2 Å². The van der Waals surface area contributed by atoms with Gasteiger partial charge in [0.1, 0.15) is 11.8 Å². The Morgan fingerprint density at radius 2 is 2.11 bits per heavy atom. The van der Waals surface area contributed by atoms with Crippen LogP contribution < -0.4 is 4.74 Å². The van der Waals surface area contributed by atoms with Gasteiger partial charge in [-0.25, -0.2) is 0 Å². The molecule has 0 aromatic heterocycles. The van der Waals surface area contributed by atoms with E-state index >= 15 is 0 Å². The van der Waals surface area contributed by atoms with Crippen LogP contribution in [-0.4, -0.2) is 35.7 Å². The topological polar surface area (TPSA) is 49.8 Å². The third kappa shape index (κ3) is 2.76. The summed E-state index contributed by atoms with van der Waals surface area (Å²) in [7, 11) is 0. The number of halogens is 2. The maximum atomic E-state index is 12.1. The molecule has 1 fully saturated rings. The molecule has 0 amide bonds. The molecule has 98 valence electrons. The molecule has 0 saturated carbocycles. The highest BCUT2D eigenvalue weighted by Gasteiger charge is 2.31. The van der Waals surface area contributed by atoms with Crippen molar-refractivity contribution in [2.75, 3.05) is 13.1 Å². The normalized spacial score (nSPS) is 17.3. The maximum absolute atomic E-state index is 12.1. The van der Waals surface area contributed by atoms with Crippen LogP contribution in [0.2, 0.25) is 0 Å². The number of aliphatic carboxylic acids is 1. The van der Waals surface area contributed by atoms with Crippen LogP contribution in [0.3, 0.4) is 0 Å². The summed E-state index contributed by atoms with van der Waals surface area (Å²) < 4.78 is 28.5. The fourth-order valence-corrected chi connectivity index (χ4v) is 1.97. The molecule has 18 heavy (non-hydrogen) atoms. The summed E-state index contributed by atoms with van der Waals surface area (Å²) in [6.07, 6.45) is 0.955. The number of hydrogen-bond donors (Lipinski definition) is 1. The van der Waals surface area contributed by atoms with E-state index < -0.39 is 18.6 Å². The average molecular weight is 257 g/mol. The summed E-state index contributed by atoms with van der Waals surface area (Å²) in [6, 6.07) is 5.06. The minimum Gasteiger partial charge on any atom is -0.480 e. The number of alkyl halides is 2. The fourth-order valence-electron chi connectivity index (χ4n) is 1.97. The summed E-state index contributed by atoms with van der Waals surface area (Å²) in [5.74, 6) is -1.00. The molecule has 0 radical (unpaired) electrons.